The highest BCUT2D eigenvalue weighted by Crippen LogP contribution is 2.23. The van der Waals surface area contributed by atoms with Gasteiger partial charge in [0.15, 0.2) is 5.16 Å². The van der Waals surface area contributed by atoms with Gasteiger partial charge in [0.1, 0.15) is 11.6 Å². The zero-order chi connectivity index (χ0) is 23.1. The molecule has 0 fully saturated rings. The summed E-state index contributed by atoms with van der Waals surface area (Å²) in [7, 11) is 3.43. The number of carbonyl (C=O) groups excluding carboxylic acids is 2. The number of nitrogens with one attached hydrogen (secondary N) is 2. The van der Waals surface area contributed by atoms with E-state index in [2.05, 4.69) is 20.8 Å². The molecule has 32 heavy (non-hydrogen) atoms. The summed E-state index contributed by atoms with van der Waals surface area (Å²) in [5.41, 5.74) is 2.60. The van der Waals surface area contributed by atoms with Crippen molar-refractivity contribution in [3.8, 4) is 5.75 Å². The van der Waals surface area contributed by atoms with Gasteiger partial charge in [-0.05, 0) is 50.2 Å². The standard InChI is InChI=1S/C23H27N5O3S/c1-15-5-7-17(8-6-15)24-21(29)14-13-20-26-27-23(28(20)3)32-16(2)22(30)25-18-9-11-19(31-4)12-10-18/h5-12,16H,13-14H2,1-4H3,(H,24,29)(H,25,30)/t16-/m0/s1. The monoisotopic (exact) mass is 453 g/mol. The third-order valence-corrected chi connectivity index (χ3v) is 5.98. The molecule has 1 atom stereocenters. The summed E-state index contributed by atoms with van der Waals surface area (Å²) >= 11 is 1.32. The fraction of sp³-hybridized carbons (Fsp3) is 0.304. The average Bonchev–Trinajstić information content (AvgIpc) is 3.13. The minimum atomic E-state index is -0.377. The Morgan fingerprint density at radius 1 is 1.03 bits per heavy atom. The molecule has 168 valence electrons. The third kappa shape index (κ3) is 6.34. The number of aryl methyl sites for hydroxylation is 2. The van der Waals surface area contributed by atoms with Crippen LogP contribution in [0.25, 0.3) is 0 Å². The molecule has 0 unspecified atom stereocenters. The molecule has 0 saturated carbocycles. The van der Waals surface area contributed by atoms with Crippen LogP contribution in [0, 0.1) is 6.92 Å². The molecule has 1 aromatic heterocycles. The van der Waals surface area contributed by atoms with Crippen LogP contribution in [0.1, 0.15) is 24.7 Å². The zero-order valence-electron chi connectivity index (χ0n) is 18.6. The molecule has 8 nitrogen and oxygen atoms in total. The smallest absolute Gasteiger partial charge is 0.237 e. The maximum atomic E-state index is 12.5. The van der Waals surface area contributed by atoms with Gasteiger partial charge in [-0.3, -0.25) is 9.59 Å². The molecule has 0 aliphatic rings. The fourth-order valence-corrected chi connectivity index (χ4v) is 3.71. The Morgan fingerprint density at radius 2 is 1.66 bits per heavy atom. The van der Waals surface area contributed by atoms with E-state index < -0.39 is 0 Å². The van der Waals surface area contributed by atoms with E-state index in [1.165, 1.54) is 11.8 Å². The van der Waals surface area contributed by atoms with Crippen LogP contribution in [0.5, 0.6) is 5.75 Å². The predicted octanol–water partition coefficient (Wildman–Crippen LogP) is 3.82. The number of rotatable bonds is 9. The van der Waals surface area contributed by atoms with E-state index in [0.717, 1.165) is 17.0 Å². The maximum absolute atomic E-state index is 12.5. The summed E-state index contributed by atoms with van der Waals surface area (Å²) in [5.74, 6) is 1.19. The van der Waals surface area contributed by atoms with Crippen LogP contribution in [0.3, 0.4) is 0 Å². The second kappa shape index (κ2) is 10.8. The van der Waals surface area contributed by atoms with Crippen molar-refractivity contribution in [2.75, 3.05) is 17.7 Å². The lowest BCUT2D eigenvalue weighted by Gasteiger charge is -2.12. The first-order valence-electron chi connectivity index (χ1n) is 10.2. The molecule has 3 aromatic rings. The average molecular weight is 454 g/mol. The number of anilines is 2. The highest BCUT2D eigenvalue weighted by molar-refractivity contribution is 8.00. The van der Waals surface area contributed by atoms with Gasteiger partial charge in [0.2, 0.25) is 11.8 Å². The number of methoxy groups -OCH3 is 1. The maximum Gasteiger partial charge on any atom is 0.237 e. The molecule has 0 aliphatic carbocycles. The summed E-state index contributed by atoms with van der Waals surface area (Å²) < 4.78 is 6.95. The van der Waals surface area contributed by atoms with Crippen LogP contribution in [-0.4, -0.2) is 38.9 Å². The van der Waals surface area contributed by atoms with Crippen molar-refractivity contribution in [3.05, 3.63) is 59.9 Å². The number of ether oxygens (including phenoxy) is 1. The van der Waals surface area contributed by atoms with Gasteiger partial charge < -0.3 is 19.9 Å². The Hall–Kier alpha value is -3.33. The molecule has 0 saturated heterocycles. The molecule has 2 N–H and O–H groups in total. The number of benzene rings is 2. The van der Waals surface area contributed by atoms with Crippen molar-refractivity contribution in [1.82, 2.24) is 14.8 Å². The second-order valence-corrected chi connectivity index (χ2v) is 8.66. The van der Waals surface area contributed by atoms with E-state index in [9.17, 15) is 9.59 Å². The topological polar surface area (TPSA) is 98.1 Å². The zero-order valence-corrected chi connectivity index (χ0v) is 19.4. The van der Waals surface area contributed by atoms with Crippen LogP contribution in [0.4, 0.5) is 11.4 Å². The van der Waals surface area contributed by atoms with Gasteiger partial charge in [-0.25, -0.2) is 0 Å². The lowest BCUT2D eigenvalue weighted by Crippen LogP contribution is -2.22. The number of carbonyl (C=O) groups is 2. The molecule has 2 amide bonds. The number of aromatic nitrogens is 3. The summed E-state index contributed by atoms with van der Waals surface area (Å²) in [5, 5.41) is 14.4. The summed E-state index contributed by atoms with van der Waals surface area (Å²) in [6.07, 6.45) is 0.742. The van der Waals surface area contributed by atoms with Crippen LogP contribution in [0.15, 0.2) is 53.7 Å². The minimum absolute atomic E-state index is 0.0849. The number of hydrogen-bond acceptors (Lipinski definition) is 6. The first-order valence-corrected chi connectivity index (χ1v) is 11.1. The normalized spacial score (nSPS) is 11.6. The number of thioether (sulfide) groups is 1. The number of hydrogen-bond donors (Lipinski definition) is 2. The highest BCUT2D eigenvalue weighted by Gasteiger charge is 2.19. The van der Waals surface area contributed by atoms with E-state index in [4.69, 9.17) is 4.74 Å². The molecule has 0 spiro atoms. The van der Waals surface area contributed by atoms with Crippen LogP contribution in [0.2, 0.25) is 0 Å². The number of nitrogens with zero attached hydrogens (tertiary/aromatic N) is 3. The Balaban J connectivity index is 1.51. The second-order valence-electron chi connectivity index (χ2n) is 7.35. The molecule has 0 bridgehead atoms. The van der Waals surface area contributed by atoms with Crippen molar-refractivity contribution >= 4 is 35.0 Å². The van der Waals surface area contributed by atoms with Crippen molar-refractivity contribution < 1.29 is 14.3 Å². The fourth-order valence-electron chi connectivity index (χ4n) is 2.88. The molecule has 2 aromatic carbocycles. The van der Waals surface area contributed by atoms with E-state index >= 15 is 0 Å². The van der Waals surface area contributed by atoms with E-state index in [1.54, 1.807) is 31.4 Å². The van der Waals surface area contributed by atoms with Crippen LogP contribution >= 0.6 is 11.8 Å². The van der Waals surface area contributed by atoms with Gasteiger partial charge in [-0.1, -0.05) is 29.5 Å². The third-order valence-electron chi connectivity index (χ3n) is 4.85. The lowest BCUT2D eigenvalue weighted by molar-refractivity contribution is -0.116. The molecule has 0 radical (unpaired) electrons. The molecule has 9 heteroatoms. The number of amides is 2. The molecule has 0 aliphatic heterocycles. The van der Waals surface area contributed by atoms with E-state index in [1.807, 2.05) is 49.7 Å². The van der Waals surface area contributed by atoms with Crippen molar-refractivity contribution in [1.29, 1.82) is 0 Å². The molecular weight excluding hydrogens is 426 g/mol. The first kappa shape index (κ1) is 23.3. The highest BCUT2D eigenvalue weighted by atomic mass is 32.2. The van der Waals surface area contributed by atoms with Gasteiger partial charge in [0.25, 0.3) is 0 Å². The molecule has 3 rings (SSSR count). The van der Waals surface area contributed by atoms with Gasteiger partial charge in [-0.2, -0.15) is 0 Å². The summed E-state index contributed by atoms with van der Waals surface area (Å²) in [6.45, 7) is 3.81. The molecular formula is C23H27N5O3S. The van der Waals surface area contributed by atoms with E-state index in [0.29, 0.717) is 23.1 Å². The lowest BCUT2D eigenvalue weighted by atomic mass is 10.2. The van der Waals surface area contributed by atoms with Crippen molar-refractivity contribution in [2.45, 2.75) is 37.1 Å². The van der Waals surface area contributed by atoms with Gasteiger partial charge in [0, 0.05) is 31.3 Å². The Morgan fingerprint density at radius 3 is 2.31 bits per heavy atom. The minimum Gasteiger partial charge on any atom is -0.497 e. The Kier molecular flexibility index (Phi) is 7.88. The Labute approximate surface area is 191 Å². The first-order chi connectivity index (χ1) is 15.4. The van der Waals surface area contributed by atoms with Crippen molar-refractivity contribution in [2.24, 2.45) is 7.05 Å². The largest absolute Gasteiger partial charge is 0.497 e. The predicted molar refractivity (Wildman–Crippen MR) is 126 cm³/mol. The quantitative estimate of drug-likeness (QED) is 0.478. The van der Waals surface area contributed by atoms with Crippen molar-refractivity contribution in [3.63, 3.8) is 0 Å². The van der Waals surface area contributed by atoms with Gasteiger partial charge in [0.05, 0.1) is 12.4 Å². The summed E-state index contributed by atoms with van der Waals surface area (Å²) in [6, 6.07) is 14.8. The molecule has 1 heterocycles. The Bertz CT molecular complexity index is 1060. The van der Waals surface area contributed by atoms with Crippen LogP contribution < -0.4 is 15.4 Å². The summed E-state index contributed by atoms with van der Waals surface area (Å²) in [4.78, 5) is 24.8. The van der Waals surface area contributed by atoms with Gasteiger partial charge >= 0.3 is 0 Å². The van der Waals surface area contributed by atoms with Gasteiger partial charge in [-0.15, -0.1) is 10.2 Å². The van der Waals surface area contributed by atoms with E-state index in [-0.39, 0.29) is 23.5 Å². The SMILES string of the molecule is COc1ccc(NC(=O)[C@H](C)Sc2nnc(CCC(=O)Nc3ccc(C)cc3)n2C)cc1. The van der Waals surface area contributed by atoms with Crippen LogP contribution in [-0.2, 0) is 23.1 Å².